The van der Waals surface area contributed by atoms with Crippen LogP contribution in [0.1, 0.15) is 64.2 Å². The van der Waals surface area contributed by atoms with Crippen LogP contribution in [-0.2, 0) is 12.8 Å². The highest BCUT2D eigenvalue weighted by atomic mass is 15.0. The summed E-state index contributed by atoms with van der Waals surface area (Å²) < 4.78 is 0. The van der Waals surface area contributed by atoms with Gasteiger partial charge >= 0.3 is 0 Å². The van der Waals surface area contributed by atoms with Crippen molar-refractivity contribution in [2.24, 2.45) is 10.7 Å². The van der Waals surface area contributed by atoms with Gasteiger partial charge in [0.05, 0.1) is 0 Å². The lowest BCUT2D eigenvalue weighted by atomic mass is 10.0. The Bertz CT molecular complexity index is 882. The molecular formula is C32H52N4. The summed E-state index contributed by atoms with van der Waals surface area (Å²) in [6.07, 6.45) is 4.03. The molecule has 2 aromatic carbocycles. The standard InChI is InChI=1S/C20H32N4.C8H10.C2H6.C2H4/c1-15-10-6-7-11-19(15)14-16(2)24-20(17(3)18(4)22-5)23-13-9-8-12-21;1-2-8-6-4-3-5-7-8;2*1-2/h6-7,10-11,22-23H,4,8-9,12-14,21H2,1-3,5H3;3-7H,2H2,1H3;1-2H3;1-2H2/b20-17+,24-16+;;;. The van der Waals surface area contributed by atoms with Crippen molar-refractivity contribution in [1.82, 2.24) is 10.6 Å². The maximum absolute atomic E-state index is 5.56. The summed E-state index contributed by atoms with van der Waals surface area (Å²) in [5.41, 5.74) is 12.6. The highest BCUT2D eigenvalue weighted by Crippen LogP contribution is 2.13. The van der Waals surface area contributed by atoms with E-state index in [0.717, 1.165) is 61.6 Å². The van der Waals surface area contributed by atoms with Crippen molar-refractivity contribution in [3.05, 3.63) is 108 Å². The zero-order valence-electron chi connectivity index (χ0n) is 24.1. The van der Waals surface area contributed by atoms with Crippen LogP contribution < -0.4 is 16.4 Å². The minimum Gasteiger partial charge on any atom is -0.388 e. The zero-order valence-corrected chi connectivity index (χ0v) is 24.1. The fourth-order valence-corrected chi connectivity index (χ4v) is 3.09. The van der Waals surface area contributed by atoms with Gasteiger partial charge in [-0.15, -0.1) is 13.2 Å². The van der Waals surface area contributed by atoms with E-state index in [1.807, 2.05) is 33.9 Å². The van der Waals surface area contributed by atoms with Crippen LogP contribution in [0.25, 0.3) is 0 Å². The predicted molar refractivity (Wildman–Crippen MR) is 164 cm³/mol. The van der Waals surface area contributed by atoms with Crippen LogP contribution in [0.5, 0.6) is 0 Å². The van der Waals surface area contributed by atoms with E-state index < -0.39 is 0 Å². The van der Waals surface area contributed by atoms with E-state index in [4.69, 9.17) is 10.7 Å². The number of unbranched alkanes of at least 4 members (excludes halogenated alkanes) is 1. The van der Waals surface area contributed by atoms with Gasteiger partial charge in [-0.2, -0.15) is 0 Å². The van der Waals surface area contributed by atoms with Gasteiger partial charge in [0, 0.05) is 37.0 Å². The summed E-state index contributed by atoms with van der Waals surface area (Å²) in [5.74, 6) is 0.887. The third-order valence-corrected chi connectivity index (χ3v) is 5.29. The topological polar surface area (TPSA) is 62.4 Å². The second-order valence-corrected chi connectivity index (χ2v) is 7.91. The van der Waals surface area contributed by atoms with E-state index in [0.29, 0.717) is 0 Å². The average molecular weight is 493 g/mol. The molecule has 0 aliphatic rings. The van der Waals surface area contributed by atoms with Crippen LogP contribution in [0.4, 0.5) is 0 Å². The molecule has 0 radical (unpaired) electrons. The molecule has 0 saturated heterocycles. The van der Waals surface area contributed by atoms with Crippen molar-refractivity contribution in [2.45, 2.75) is 67.2 Å². The fourth-order valence-electron chi connectivity index (χ4n) is 3.09. The number of nitrogens with one attached hydrogen (secondary N) is 2. The number of allylic oxidation sites excluding steroid dienone is 1. The first-order chi connectivity index (χ1) is 17.4. The largest absolute Gasteiger partial charge is 0.388 e. The van der Waals surface area contributed by atoms with Crippen LogP contribution in [0.2, 0.25) is 0 Å². The maximum Gasteiger partial charge on any atom is 0.130 e. The number of nitrogens with zero attached hydrogens (tertiary/aromatic N) is 1. The zero-order chi connectivity index (χ0) is 27.8. The minimum absolute atomic E-state index is 0.721. The second-order valence-electron chi connectivity index (χ2n) is 7.91. The van der Waals surface area contributed by atoms with Crippen LogP contribution in [0.15, 0.2) is 96.4 Å². The van der Waals surface area contributed by atoms with E-state index in [1.54, 1.807) is 0 Å². The number of nitrogens with two attached hydrogens (primary N) is 1. The Morgan fingerprint density at radius 3 is 2.03 bits per heavy atom. The molecule has 0 unspecified atom stereocenters. The summed E-state index contributed by atoms with van der Waals surface area (Å²) in [4.78, 5) is 4.83. The van der Waals surface area contributed by atoms with Gasteiger partial charge in [0.25, 0.3) is 0 Å². The van der Waals surface area contributed by atoms with Crippen molar-refractivity contribution < 1.29 is 0 Å². The summed E-state index contributed by atoms with van der Waals surface area (Å²) in [6.45, 7) is 24.0. The Labute approximate surface area is 222 Å². The van der Waals surface area contributed by atoms with Crippen molar-refractivity contribution in [3.63, 3.8) is 0 Å². The Morgan fingerprint density at radius 2 is 1.53 bits per heavy atom. The Kier molecular flexibility index (Phi) is 23.0. The monoisotopic (exact) mass is 492 g/mol. The van der Waals surface area contributed by atoms with Gasteiger partial charge in [-0.1, -0.05) is 81.9 Å². The molecule has 2 aromatic rings. The third-order valence-electron chi connectivity index (χ3n) is 5.29. The molecule has 0 atom stereocenters. The van der Waals surface area contributed by atoms with Crippen molar-refractivity contribution in [1.29, 1.82) is 0 Å². The molecule has 0 bridgehead atoms. The van der Waals surface area contributed by atoms with Gasteiger partial charge in [-0.25, -0.2) is 4.99 Å². The Balaban J connectivity index is 0. The SMILES string of the molecule is C=C.C=C(NC)/C(C)=C(/N=C(\C)Cc1ccccc1C)NCCCCN.CC.CCc1ccccc1. The molecule has 0 saturated carbocycles. The molecule has 4 heteroatoms. The molecule has 0 amide bonds. The van der Waals surface area contributed by atoms with Gasteiger partial charge in [-0.05, 0) is 63.3 Å². The van der Waals surface area contributed by atoms with Crippen LogP contribution >= 0.6 is 0 Å². The van der Waals surface area contributed by atoms with Gasteiger partial charge in [0.1, 0.15) is 5.82 Å². The molecule has 0 heterocycles. The first kappa shape index (κ1) is 35.1. The maximum atomic E-state index is 5.56. The van der Waals surface area contributed by atoms with Gasteiger partial charge < -0.3 is 16.4 Å². The molecule has 0 aromatic heterocycles. The number of aliphatic imine (C=N–C) groups is 1. The molecule has 36 heavy (non-hydrogen) atoms. The number of hydrogen-bond donors (Lipinski definition) is 3. The summed E-state index contributed by atoms with van der Waals surface area (Å²) in [7, 11) is 1.88. The van der Waals surface area contributed by atoms with E-state index in [9.17, 15) is 0 Å². The number of hydrogen-bond acceptors (Lipinski definition) is 4. The lowest BCUT2D eigenvalue weighted by Crippen LogP contribution is -2.20. The second kappa shape index (κ2) is 23.6. The molecule has 0 fully saturated rings. The van der Waals surface area contributed by atoms with Gasteiger partial charge in [0.2, 0.25) is 0 Å². The van der Waals surface area contributed by atoms with E-state index in [-0.39, 0.29) is 0 Å². The molecule has 200 valence electrons. The fraction of sp³-hybridized carbons (Fsp3) is 0.406. The average Bonchev–Trinajstić information content (AvgIpc) is 2.93. The van der Waals surface area contributed by atoms with Crippen molar-refractivity contribution in [3.8, 4) is 0 Å². The molecule has 0 spiro atoms. The number of likely N-dealkylation sites (N-methyl/N-ethyl adjacent to an activating group) is 1. The minimum atomic E-state index is 0.721. The first-order valence-electron chi connectivity index (χ1n) is 13.1. The lowest BCUT2D eigenvalue weighted by molar-refractivity contribution is 0.676. The van der Waals surface area contributed by atoms with Crippen molar-refractivity contribution >= 4 is 5.71 Å². The predicted octanol–water partition coefficient (Wildman–Crippen LogP) is 7.37. The number of aryl methyl sites for hydroxylation is 2. The molecule has 4 N–H and O–H groups in total. The molecule has 0 aliphatic heterocycles. The molecule has 2 rings (SSSR count). The quantitative estimate of drug-likeness (QED) is 0.133. The normalized spacial score (nSPS) is 10.7. The molecule has 4 nitrogen and oxygen atoms in total. The lowest BCUT2D eigenvalue weighted by Gasteiger charge is -2.14. The number of benzene rings is 2. The van der Waals surface area contributed by atoms with Crippen LogP contribution in [0.3, 0.4) is 0 Å². The first-order valence-corrected chi connectivity index (χ1v) is 13.1. The van der Waals surface area contributed by atoms with E-state index in [1.165, 1.54) is 16.7 Å². The molecule has 0 aliphatic carbocycles. The summed E-state index contributed by atoms with van der Waals surface area (Å²) >= 11 is 0. The molecular weight excluding hydrogens is 440 g/mol. The highest BCUT2D eigenvalue weighted by Gasteiger charge is 2.06. The van der Waals surface area contributed by atoms with Crippen LogP contribution in [-0.4, -0.2) is 25.8 Å². The van der Waals surface area contributed by atoms with E-state index in [2.05, 4.69) is 99.7 Å². The van der Waals surface area contributed by atoms with Crippen LogP contribution in [0, 0.1) is 6.92 Å². The van der Waals surface area contributed by atoms with Gasteiger partial charge in [0.15, 0.2) is 0 Å². The highest BCUT2D eigenvalue weighted by molar-refractivity contribution is 5.85. The summed E-state index contributed by atoms with van der Waals surface area (Å²) in [6, 6.07) is 18.9. The van der Waals surface area contributed by atoms with E-state index >= 15 is 0 Å². The third kappa shape index (κ3) is 15.7. The summed E-state index contributed by atoms with van der Waals surface area (Å²) in [5, 5.41) is 6.53. The number of rotatable bonds is 11. The smallest absolute Gasteiger partial charge is 0.130 e. The van der Waals surface area contributed by atoms with Gasteiger partial charge in [-0.3, -0.25) is 0 Å². The Hall–Kier alpha value is -3.11. The van der Waals surface area contributed by atoms with Crippen molar-refractivity contribution in [2.75, 3.05) is 20.1 Å². The Morgan fingerprint density at radius 1 is 0.944 bits per heavy atom.